The second-order valence-electron chi connectivity index (χ2n) is 5.26. The molecule has 2 aromatic rings. The van der Waals surface area contributed by atoms with Gasteiger partial charge in [-0.1, -0.05) is 17.7 Å². The molecule has 26 heavy (non-hydrogen) atoms. The minimum atomic E-state index is -5.64. The maximum Gasteiger partial charge on any atom is 0.501 e. The highest BCUT2D eigenvalue weighted by atomic mass is 35.5. The van der Waals surface area contributed by atoms with Crippen LogP contribution >= 0.6 is 11.6 Å². The van der Waals surface area contributed by atoms with E-state index < -0.39 is 37.6 Å². The first-order valence-corrected chi connectivity index (χ1v) is 8.78. The standard InChI is InChI=1S/C15H12ClF3N2O4S/c1-8-3-6-12(16)20-13(8)14(23)21(2)10-7-9(4-5-11(10)22)26(24,25)15(17,18)19/h3-7,22H,1-2H3. The monoisotopic (exact) mass is 408 g/mol. The summed E-state index contributed by atoms with van der Waals surface area (Å²) in [7, 11) is -4.48. The predicted octanol–water partition coefficient (Wildman–Crippen LogP) is 3.32. The number of nitrogens with zero attached hydrogens (tertiary/aromatic N) is 2. The Kier molecular flexibility index (Phi) is 5.20. The number of sulfone groups is 1. The van der Waals surface area contributed by atoms with Crippen molar-refractivity contribution < 1.29 is 31.5 Å². The highest BCUT2D eigenvalue weighted by molar-refractivity contribution is 7.92. The molecule has 0 aliphatic carbocycles. The molecule has 140 valence electrons. The molecule has 11 heteroatoms. The van der Waals surface area contributed by atoms with Gasteiger partial charge >= 0.3 is 5.51 Å². The lowest BCUT2D eigenvalue weighted by molar-refractivity contribution is -0.0436. The number of aromatic nitrogens is 1. The maximum absolute atomic E-state index is 12.7. The molecule has 0 aliphatic rings. The summed E-state index contributed by atoms with van der Waals surface area (Å²) in [5.74, 6) is -1.37. The van der Waals surface area contributed by atoms with Crippen LogP contribution in [0, 0.1) is 6.92 Å². The predicted molar refractivity (Wildman–Crippen MR) is 88.1 cm³/mol. The van der Waals surface area contributed by atoms with E-state index in [4.69, 9.17) is 11.6 Å². The first-order valence-electron chi connectivity index (χ1n) is 6.92. The zero-order valence-electron chi connectivity index (χ0n) is 13.4. The molecule has 1 amide bonds. The molecule has 0 saturated heterocycles. The van der Waals surface area contributed by atoms with Crippen molar-refractivity contribution >= 4 is 33.0 Å². The van der Waals surface area contributed by atoms with Crippen LogP contribution in [0.2, 0.25) is 5.15 Å². The smallest absolute Gasteiger partial charge is 0.501 e. The maximum atomic E-state index is 12.7. The summed E-state index contributed by atoms with van der Waals surface area (Å²) in [5, 5.41) is 9.90. The van der Waals surface area contributed by atoms with Crippen LogP contribution in [-0.2, 0) is 9.84 Å². The molecular formula is C15H12ClF3N2O4S. The molecule has 1 aromatic heterocycles. The van der Waals surface area contributed by atoms with E-state index in [1.807, 2.05) is 0 Å². The average molecular weight is 409 g/mol. The Morgan fingerprint density at radius 2 is 1.85 bits per heavy atom. The molecule has 1 heterocycles. The van der Waals surface area contributed by atoms with Crippen LogP contribution < -0.4 is 4.90 Å². The average Bonchev–Trinajstić information content (AvgIpc) is 2.55. The fourth-order valence-electron chi connectivity index (χ4n) is 2.06. The Labute approximate surface area is 151 Å². The Balaban J connectivity index is 2.53. The number of pyridine rings is 1. The van der Waals surface area contributed by atoms with Crippen LogP contribution in [0.25, 0.3) is 0 Å². The number of aromatic hydroxyl groups is 1. The quantitative estimate of drug-likeness (QED) is 0.787. The lowest BCUT2D eigenvalue weighted by atomic mass is 10.2. The first-order chi connectivity index (χ1) is 11.9. The Morgan fingerprint density at radius 1 is 1.23 bits per heavy atom. The number of phenols is 1. The van der Waals surface area contributed by atoms with Crippen LogP contribution in [0.1, 0.15) is 16.1 Å². The fraction of sp³-hybridized carbons (Fsp3) is 0.200. The molecule has 0 aliphatic heterocycles. The summed E-state index contributed by atoms with van der Waals surface area (Å²) in [6.07, 6.45) is 0. The van der Waals surface area contributed by atoms with Gasteiger partial charge in [0.2, 0.25) is 0 Å². The second kappa shape index (κ2) is 6.76. The van der Waals surface area contributed by atoms with Crippen molar-refractivity contribution in [3.8, 4) is 5.75 Å². The Hall–Kier alpha value is -2.33. The number of halogens is 4. The highest BCUT2D eigenvalue weighted by Crippen LogP contribution is 2.35. The molecule has 0 atom stereocenters. The van der Waals surface area contributed by atoms with E-state index in [-0.39, 0.29) is 10.8 Å². The van der Waals surface area contributed by atoms with E-state index in [1.165, 1.54) is 12.1 Å². The van der Waals surface area contributed by atoms with Crippen LogP contribution in [0.5, 0.6) is 5.75 Å². The Bertz CT molecular complexity index is 977. The van der Waals surface area contributed by atoms with Crippen molar-refractivity contribution in [2.75, 3.05) is 11.9 Å². The van der Waals surface area contributed by atoms with Gasteiger partial charge in [-0.15, -0.1) is 0 Å². The summed E-state index contributed by atoms with van der Waals surface area (Å²) < 4.78 is 61.2. The van der Waals surface area contributed by atoms with Gasteiger partial charge in [0.25, 0.3) is 15.7 Å². The summed E-state index contributed by atoms with van der Waals surface area (Å²) in [6.45, 7) is 1.56. The van der Waals surface area contributed by atoms with Crippen molar-refractivity contribution in [1.29, 1.82) is 0 Å². The van der Waals surface area contributed by atoms with Crippen LogP contribution in [0.15, 0.2) is 35.2 Å². The number of aryl methyl sites for hydroxylation is 1. The van der Waals surface area contributed by atoms with Gasteiger partial charge in [0.15, 0.2) is 0 Å². The zero-order chi connectivity index (χ0) is 19.9. The number of alkyl halides is 3. The van der Waals surface area contributed by atoms with E-state index in [0.29, 0.717) is 17.7 Å². The molecule has 0 saturated carbocycles. The van der Waals surface area contributed by atoms with Crippen molar-refractivity contribution in [3.63, 3.8) is 0 Å². The van der Waals surface area contributed by atoms with Gasteiger partial charge in [0, 0.05) is 7.05 Å². The van der Waals surface area contributed by atoms with Gasteiger partial charge in [0.05, 0.1) is 10.6 Å². The third-order valence-electron chi connectivity index (χ3n) is 3.49. The molecule has 6 nitrogen and oxygen atoms in total. The topological polar surface area (TPSA) is 87.6 Å². The normalized spacial score (nSPS) is 12.1. The van der Waals surface area contributed by atoms with E-state index in [2.05, 4.69) is 4.98 Å². The lowest BCUT2D eigenvalue weighted by Gasteiger charge is -2.20. The van der Waals surface area contributed by atoms with E-state index in [1.54, 1.807) is 6.92 Å². The van der Waals surface area contributed by atoms with Crippen LogP contribution in [0.3, 0.4) is 0 Å². The van der Waals surface area contributed by atoms with Gasteiger partial charge in [-0.25, -0.2) is 13.4 Å². The number of carbonyl (C=O) groups is 1. The minimum Gasteiger partial charge on any atom is -0.506 e. The van der Waals surface area contributed by atoms with Crippen LogP contribution in [0.4, 0.5) is 18.9 Å². The SMILES string of the molecule is Cc1ccc(Cl)nc1C(=O)N(C)c1cc(S(=O)(=O)C(F)(F)F)ccc1O. The number of phenolic OH excluding ortho intramolecular Hbond substituents is 1. The van der Waals surface area contributed by atoms with E-state index >= 15 is 0 Å². The number of amides is 1. The molecule has 0 fully saturated rings. The first kappa shape index (κ1) is 20.0. The summed E-state index contributed by atoms with van der Waals surface area (Å²) in [6, 6.07) is 4.89. The largest absolute Gasteiger partial charge is 0.506 e. The number of hydrogen-bond acceptors (Lipinski definition) is 5. The molecule has 0 spiro atoms. The van der Waals surface area contributed by atoms with Crippen molar-refractivity contribution in [2.24, 2.45) is 0 Å². The summed E-state index contributed by atoms with van der Waals surface area (Å²) in [4.78, 5) is 16.1. The van der Waals surface area contributed by atoms with Gasteiger partial charge in [-0.2, -0.15) is 13.2 Å². The fourth-order valence-corrected chi connectivity index (χ4v) is 2.99. The number of anilines is 1. The Morgan fingerprint density at radius 3 is 2.42 bits per heavy atom. The number of benzene rings is 1. The molecule has 1 N–H and O–H groups in total. The zero-order valence-corrected chi connectivity index (χ0v) is 14.9. The third kappa shape index (κ3) is 3.61. The minimum absolute atomic E-state index is 0.0185. The summed E-state index contributed by atoms with van der Waals surface area (Å²) >= 11 is 5.74. The molecule has 0 bridgehead atoms. The van der Waals surface area contributed by atoms with Crippen molar-refractivity contribution in [2.45, 2.75) is 17.3 Å². The van der Waals surface area contributed by atoms with Crippen molar-refractivity contribution in [3.05, 3.63) is 46.7 Å². The molecule has 0 radical (unpaired) electrons. The van der Waals surface area contributed by atoms with Gasteiger partial charge in [-0.05, 0) is 36.8 Å². The van der Waals surface area contributed by atoms with Gasteiger partial charge < -0.3 is 10.0 Å². The third-order valence-corrected chi connectivity index (χ3v) is 5.19. The molecule has 0 unspecified atom stereocenters. The van der Waals surface area contributed by atoms with Gasteiger partial charge in [-0.3, -0.25) is 4.79 Å². The molecular weight excluding hydrogens is 397 g/mol. The number of rotatable bonds is 3. The highest BCUT2D eigenvalue weighted by Gasteiger charge is 2.47. The molecule has 2 rings (SSSR count). The van der Waals surface area contributed by atoms with Crippen LogP contribution in [-0.4, -0.2) is 37.0 Å². The lowest BCUT2D eigenvalue weighted by Crippen LogP contribution is -2.29. The van der Waals surface area contributed by atoms with E-state index in [9.17, 15) is 31.5 Å². The number of carbonyl (C=O) groups excluding carboxylic acids is 1. The number of hydrogen-bond donors (Lipinski definition) is 1. The molecule has 1 aromatic carbocycles. The van der Waals surface area contributed by atoms with E-state index in [0.717, 1.165) is 18.0 Å². The van der Waals surface area contributed by atoms with Gasteiger partial charge in [0.1, 0.15) is 16.6 Å². The second-order valence-corrected chi connectivity index (χ2v) is 7.59. The van der Waals surface area contributed by atoms with Crippen molar-refractivity contribution in [1.82, 2.24) is 4.98 Å². The summed E-state index contributed by atoms with van der Waals surface area (Å²) in [5.41, 5.74) is -5.61.